The fourth-order valence-corrected chi connectivity index (χ4v) is 2.08. The van der Waals surface area contributed by atoms with Crippen molar-refractivity contribution in [2.24, 2.45) is 0 Å². The van der Waals surface area contributed by atoms with Crippen LogP contribution in [0.2, 0.25) is 5.02 Å². The number of carbonyl (C=O) groups excluding carboxylic acids is 2. The van der Waals surface area contributed by atoms with Crippen molar-refractivity contribution in [3.63, 3.8) is 0 Å². The normalized spacial score (nSPS) is 10.0. The Kier molecular flexibility index (Phi) is 6.00. The van der Waals surface area contributed by atoms with Gasteiger partial charge in [0, 0.05) is 17.3 Å². The molecule has 2 N–H and O–H groups in total. The number of rotatable bonds is 5. The van der Waals surface area contributed by atoms with Gasteiger partial charge in [0.15, 0.2) is 0 Å². The monoisotopic (exact) mass is 332 g/mol. The topological polar surface area (TPSA) is 67.4 Å². The van der Waals surface area contributed by atoms with Gasteiger partial charge in [0.25, 0.3) is 0 Å². The summed E-state index contributed by atoms with van der Waals surface area (Å²) in [7, 11) is 0. The molecule has 0 saturated heterocycles. The van der Waals surface area contributed by atoms with Gasteiger partial charge in [-0.25, -0.2) is 0 Å². The summed E-state index contributed by atoms with van der Waals surface area (Å²) in [6.07, 6.45) is 0. The number of nitrogens with one attached hydrogen (secondary N) is 2. The molecule has 0 bridgehead atoms. The highest BCUT2D eigenvalue weighted by Crippen LogP contribution is 2.15. The Balaban J connectivity index is 1.85. The molecule has 0 aliphatic carbocycles. The molecule has 23 heavy (non-hydrogen) atoms. The summed E-state index contributed by atoms with van der Waals surface area (Å²) < 4.78 is 5.34. The van der Waals surface area contributed by atoms with Crippen LogP contribution >= 0.6 is 11.6 Å². The van der Waals surface area contributed by atoms with E-state index in [0.29, 0.717) is 17.3 Å². The lowest BCUT2D eigenvalue weighted by atomic mass is 10.2. The van der Waals surface area contributed by atoms with Crippen LogP contribution in [0.1, 0.15) is 12.5 Å². The highest BCUT2D eigenvalue weighted by atomic mass is 35.5. The summed E-state index contributed by atoms with van der Waals surface area (Å²) in [4.78, 5) is 23.6. The molecule has 2 amide bonds. The van der Waals surface area contributed by atoms with Crippen LogP contribution in [0.3, 0.4) is 0 Å². The van der Waals surface area contributed by atoms with Crippen LogP contribution in [0.15, 0.2) is 48.5 Å². The quantitative estimate of drug-likeness (QED) is 0.827. The molecule has 120 valence electrons. The molecule has 2 rings (SSSR count). The zero-order valence-electron chi connectivity index (χ0n) is 12.6. The number of halogens is 1. The maximum absolute atomic E-state index is 11.8. The van der Waals surface area contributed by atoms with Crippen molar-refractivity contribution < 1.29 is 14.3 Å². The van der Waals surface area contributed by atoms with Crippen LogP contribution < -0.4 is 15.4 Å². The second kappa shape index (κ2) is 8.19. The van der Waals surface area contributed by atoms with Crippen molar-refractivity contribution in [2.75, 3.05) is 11.9 Å². The fraction of sp³-hybridized carbons (Fsp3) is 0.176. The molecule has 5 nitrogen and oxygen atoms in total. The van der Waals surface area contributed by atoms with Crippen LogP contribution in [0.4, 0.5) is 5.69 Å². The lowest BCUT2D eigenvalue weighted by Gasteiger charge is -2.08. The van der Waals surface area contributed by atoms with Gasteiger partial charge in [-0.05, 0) is 42.8 Å². The van der Waals surface area contributed by atoms with Gasteiger partial charge in [-0.2, -0.15) is 0 Å². The highest BCUT2D eigenvalue weighted by Gasteiger charge is 2.13. The van der Waals surface area contributed by atoms with E-state index in [0.717, 1.165) is 11.3 Å². The molecule has 2 aromatic rings. The van der Waals surface area contributed by atoms with E-state index in [-0.39, 0.29) is 6.54 Å². The summed E-state index contributed by atoms with van der Waals surface area (Å²) in [5.74, 6) is -0.682. The second-order valence-electron chi connectivity index (χ2n) is 4.72. The van der Waals surface area contributed by atoms with Gasteiger partial charge in [-0.15, -0.1) is 0 Å². The van der Waals surface area contributed by atoms with E-state index in [1.807, 2.05) is 31.2 Å². The number of hydrogen-bond acceptors (Lipinski definition) is 3. The van der Waals surface area contributed by atoms with E-state index < -0.39 is 11.8 Å². The van der Waals surface area contributed by atoms with Crippen molar-refractivity contribution in [1.82, 2.24) is 5.32 Å². The van der Waals surface area contributed by atoms with E-state index in [1.54, 1.807) is 24.3 Å². The van der Waals surface area contributed by atoms with Crippen LogP contribution in [-0.2, 0) is 16.1 Å². The fourth-order valence-electron chi connectivity index (χ4n) is 1.89. The minimum absolute atomic E-state index is 0.258. The average Bonchev–Trinajstić information content (AvgIpc) is 2.54. The van der Waals surface area contributed by atoms with Gasteiger partial charge in [-0.1, -0.05) is 29.8 Å². The third-order valence-corrected chi connectivity index (χ3v) is 3.21. The van der Waals surface area contributed by atoms with E-state index in [1.165, 1.54) is 0 Å². The SMILES string of the molecule is CCOc1ccc(CNC(=O)C(=O)Nc2cccc(Cl)c2)cc1. The Morgan fingerprint density at radius 2 is 1.83 bits per heavy atom. The number of benzene rings is 2. The first kappa shape index (κ1) is 16.8. The van der Waals surface area contributed by atoms with Crippen molar-refractivity contribution >= 4 is 29.1 Å². The van der Waals surface area contributed by atoms with E-state index in [4.69, 9.17) is 16.3 Å². The first-order chi connectivity index (χ1) is 11.1. The highest BCUT2D eigenvalue weighted by molar-refractivity contribution is 6.39. The Bertz CT molecular complexity index is 686. The van der Waals surface area contributed by atoms with Crippen LogP contribution in [0, 0.1) is 0 Å². The molecule has 0 aromatic heterocycles. The summed E-state index contributed by atoms with van der Waals surface area (Å²) in [5.41, 5.74) is 1.34. The van der Waals surface area contributed by atoms with Crippen molar-refractivity contribution in [2.45, 2.75) is 13.5 Å². The predicted octanol–water partition coefficient (Wildman–Crippen LogP) is 2.99. The molecule has 0 fully saturated rings. The zero-order chi connectivity index (χ0) is 16.7. The number of amides is 2. The Morgan fingerprint density at radius 1 is 1.09 bits per heavy atom. The predicted molar refractivity (Wildman–Crippen MR) is 89.5 cm³/mol. The molecule has 0 spiro atoms. The Labute approximate surface area is 139 Å². The summed E-state index contributed by atoms with van der Waals surface area (Å²) in [5, 5.41) is 5.53. The minimum Gasteiger partial charge on any atom is -0.494 e. The number of hydrogen-bond donors (Lipinski definition) is 2. The maximum Gasteiger partial charge on any atom is 0.313 e. The summed E-state index contributed by atoms with van der Waals surface area (Å²) in [6, 6.07) is 13.9. The zero-order valence-corrected chi connectivity index (χ0v) is 13.4. The van der Waals surface area contributed by atoms with Crippen LogP contribution in [0.5, 0.6) is 5.75 Å². The Morgan fingerprint density at radius 3 is 2.48 bits per heavy atom. The van der Waals surface area contributed by atoms with Gasteiger partial charge in [0.2, 0.25) is 0 Å². The van der Waals surface area contributed by atoms with E-state index in [2.05, 4.69) is 10.6 Å². The smallest absolute Gasteiger partial charge is 0.313 e. The van der Waals surface area contributed by atoms with Crippen molar-refractivity contribution in [1.29, 1.82) is 0 Å². The molecule has 6 heteroatoms. The molecule has 0 unspecified atom stereocenters. The largest absolute Gasteiger partial charge is 0.494 e. The molecule has 0 saturated carbocycles. The summed E-state index contributed by atoms with van der Waals surface area (Å²) in [6.45, 7) is 2.76. The molecular formula is C17H17ClN2O3. The molecule has 0 heterocycles. The first-order valence-electron chi connectivity index (χ1n) is 7.15. The third kappa shape index (κ3) is 5.30. The van der Waals surface area contributed by atoms with Gasteiger partial charge >= 0.3 is 11.8 Å². The number of anilines is 1. The lowest BCUT2D eigenvalue weighted by Crippen LogP contribution is -2.34. The third-order valence-electron chi connectivity index (χ3n) is 2.98. The molecule has 0 radical (unpaired) electrons. The number of ether oxygens (including phenoxy) is 1. The lowest BCUT2D eigenvalue weighted by molar-refractivity contribution is -0.136. The Hall–Kier alpha value is -2.53. The first-order valence-corrected chi connectivity index (χ1v) is 7.52. The van der Waals surface area contributed by atoms with Crippen LogP contribution in [-0.4, -0.2) is 18.4 Å². The van der Waals surface area contributed by atoms with Gasteiger partial charge < -0.3 is 15.4 Å². The average molecular weight is 333 g/mol. The maximum atomic E-state index is 11.8. The van der Waals surface area contributed by atoms with Crippen molar-refractivity contribution in [3.8, 4) is 5.75 Å². The standard InChI is InChI=1S/C17H17ClN2O3/c1-2-23-15-8-6-12(7-9-15)11-19-16(21)17(22)20-14-5-3-4-13(18)10-14/h3-10H,2,11H2,1H3,(H,19,21)(H,20,22). The van der Waals surface area contributed by atoms with Gasteiger partial charge in [0.1, 0.15) is 5.75 Å². The minimum atomic E-state index is -0.738. The van der Waals surface area contributed by atoms with Crippen LogP contribution in [0.25, 0.3) is 0 Å². The number of carbonyl (C=O) groups is 2. The summed E-state index contributed by atoms with van der Waals surface area (Å²) >= 11 is 5.82. The molecule has 2 aromatic carbocycles. The molecule has 0 aliphatic heterocycles. The molecular weight excluding hydrogens is 316 g/mol. The van der Waals surface area contributed by atoms with E-state index >= 15 is 0 Å². The molecule has 0 aliphatic rings. The van der Waals surface area contributed by atoms with E-state index in [9.17, 15) is 9.59 Å². The van der Waals surface area contributed by atoms with Gasteiger partial charge in [0.05, 0.1) is 6.61 Å². The van der Waals surface area contributed by atoms with Gasteiger partial charge in [-0.3, -0.25) is 9.59 Å². The molecule has 0 atom stereocenters. The van der Waals surface area contributed by atoms with Crippen molar-refractivity contribution in [3.05, 3.63) is 59.1 Å². The second-order valence-corrected chi connectivity index (χ2v) is 5.16.